The maximum atomic E-state index is 12.2. The number of amides is 1. The number of piperidine rings is 1. The Morgan fingerprint density at radius 1 is 1.42 bits per heavy atom. The van der Waals surface area contributed by atoms with Crippen LogP contribution >= 0.6 is 0 Å². The van der Waals surface area contributed by atoms with Crippen LogP contribution in [0.4, 0.5) is 0 Å². The van der Waals surface area contributed by atoms with Gasteiger partial charge in [-0.15, -0.1) is 0 Å². The Morgan fingerprint density at radius 3 is 2.84 bits per heavy atom. The van der Waals surface area contributed by atoms with Gasteiger partial charge in [-0.05, 0) is 24.1 Å². The lowest BCUT2D eigenvalue weighted by Crippen LogP contribution is -2.47. The number of carbonyl (C=O) groups excluding carboxylic acids is 1. The second kappa shape index (κ2) is 5.68. The Morgan fingerprint density at radius 2 is 2.21 bits per heavy atom. The van der Waals surface area contributed by atoms with Gasteiger partial charge in [-0.3, -0.25) is 4.79 Å². The lowest BCUT2D eigenvalue weighted by Gasteiger charge is -2.23. The average Bonchev–Trinajstić information content (AvgIpc) is 2.41. The fraction of sp³-hybridized carbons (Fsp3) is 0.417. The van der Waals surface area contributed by atoms with Gasteiger partial charge in [0.1, 0.15) is 0 Å². The maximum Gasteiger partial charge on any atom is 0.240 e. The molecule has 1 saturated heterocycles. The van der Waals surface area contributed by atoms with E-state index in [0.717, 1.165) is 5.56 Å². The van der Waals surface area contributed by atoms with E-state index in [1.54, 1.807) is 18.2 Å². The van der Waals surface area contributed by atoms with Gasteiger partial charge in [0.25, 0.3) is 0 Å². The van der Waals surface area contributed by atoms with Crippen LogP contribution in [0.3, 0.4) is 0 Å². The van der Waals surface area contributed by atoms with E-state index in [4.69, 9.17) is 5.73 Å². The molecule has 1 fully saturated rings. The first-order chi connectivity index (χ1) is 9.01. The summed E-state index contributed by atoms with van der Waals surface area (Å²) < 4.78 is 27.0. The van der Waals surface area contributed by atoms with E-state index in [-0.39, 0.29) is 16.8 Å². The van der Waals surface area contributed by atoms with Crippen molar-refractivity contribution in [3.8, 4) is 0 Å². The quantitative estimate of drug-likeness (QED) is 0.706. The molecular weight excluding hydrogens is 266 g/mol. The molecule has 1 amide bonds. The number of carbonyl (C=O) groups is 1. The molecule has 1 aromatic rings. The zero-order chi connectivity index (χ0) is 13.9. The van der Waals surface area contributed by atoms with Gasteiger partial charge in [0.15, 0.2) is 0 Å². The van der Waals surface area contributed by atoms with Gasteiger partial charge in [0.2, 0.25) is 15.9 Å². The van der Waals surface area contributed by atoms with Crippen LogP contribution in [0.1, 0.15) is 18.4 Å². The van der Waals surface area contributed by atoms with E-state index in [1.807, 2.05) is 0 Å². The molecule has 2 rings (SSSR count). The lowest BCUT2D eigenvalue weighted by molar-refractivity contribution is -0.122. The normalized spacial score (nSPS) is 20.1. The molecule has 1 atom stereocenters. The minimum Gasteiger partial charge on any atom is -0.355 e. The Balaban J connectivity index is 2.11. The van der Waals surface area contributed by atoms with Crippen molar-refractivity contribution in [3.63, 3.8) is 0 Å². The number of nitrogens with two attached hydrogens (primary N) is 1. The summed E-state index contributed by atoms with van der Waals surface area (Å²) in [6, 6.07) is 6.27. The lowest BCUT2D eigenvalue weighted by atomic mass is 10.1. The van der Waals surface area contributed by atoms with Crippen LogP contribution in [-0.2, 0) is 21.4 Å². The van der Waals surface area contributed by atoms with Gasteiger partial charge >= 0.3 is 0 Å². The van der Waals surface area contributed by atoms with E-state index in [2.05, 4.69) is 10.0 Å². The third-order valence-electron chi connectivity index (χ3n) is 3.03. The Labute approximate surface area is 112 Å². The highest BCUT2D eigenvalue weighted by molar-refractivity contribution is 7.89. The highest BCUT2D eigenvalue weighted by Crippen LogP contribution is 2.13. The van der Waals surface area contributed by atoms with Crippen LogP contribution in [0.15, 0.2) is 29.2 Å². The van der Waals surface area contributed by atoms with E-state index in [0.29, 0.717) is 25.9 Å². The first kappa shape index (κ1) is 14.0. The van der Waals surface area contributed by atoms with Crippen molar-refractivity contribution in [3.05, 3.63) is 29.8 Å². The molecule has 0 aliphatic carbocycles. The fourth-order valence-corrected chi connectivity index (χ4v) is 3.30. The number of nitrogens with one attached hydrogen (secondary N) is 2. The van der Waals surface area contributed by atoms with Crippen molar-refractivity contribution >= 4 is 15.9 Å². The van der Waals surface area contributed by atoms with Crippen LogP contribution in [0, 0.1) is 0 Å². The fourth-order valence-electron chi connectivity index (χ4n) is 1.96. The molecule has 4 N–H and O–H groups in total. The van der Waals surface area contributed by atoms with Crippen LogP contribution in [0.2, 0.25) is 0 Å². The molecule has 1 aliphatic heterocycles. The molecule has 0 spiro atoms. The van der Waals surface area contributed by atoms with Gasteiger partial charge in [0, 0.05) is 25.6 Å². The van der Waals surface area contributed by atoms with E-state index >= 15 is 0 Å². The second-order valence-electron chi connectivity index (χ2n) is 4.51. The third-order valence-corrected chi connectivity index (χ3v) is 4.55. The zero-order valence-corrected chi connectivity index (χ0v) is 11.2. The molecule has 1 heterocycles. The predicted molar refractivity (Wildman–Crippen MR) is 70.7 cm³/mol. The maximum absolute atomic E-state index is 12.2. The molecule has 1 unspecified atom stereocenters. The zero-order valence-electron chi connectivity index (χ0n) is 10.4. The average molecular weight is 283 g/mol. The minimum atomic E-state index is -3.57. The molecule has 19 heavy (non-hydrogen) atoms. The molecule has 0 aromatic heterocycles. The number of sulfonamides is 1. The summed E-state index contributed by atoms with van der Waals surface area (Å²) in [6.45, 7) is 0.623. The number of hydrogen-bond acceptors (Lipinski definition) is 4. The molecule has 1 aromatic carbocycles. The Hall–Kier alpha value is -1.44. The van der Waals surface area contributed by atoms with Crippen molar-refractivity contribution in [1.82, 2.24) is 10.0 Å². The molecule has 6 nitrogen and oxygen atoms in total. The molecule has 0 saturated carbocycles. The minimum absolute atomic E-state index is 0.0411. The summed E-state index contributed by atoms with van der Waals surface area (Å²) in [6.07, 6.45) is 0.859. The third kappa shape index (κ3) is 3.52. The molecule has 0 bridgehead atoms. The van der Waals surface area contributed by atoms with Gasteiger partial charge in [-0.1, -0.05) is 12.1 Å². The first-order valence-corrected chi connectivity index (χ1v) is 7.57. The highest BCUT2D eigenvalue weighted by Gasteiger charge is 2.24. The summed E-state index contributed by atoms with van der Waals surface area (Å²) >= 11 is 0. The van der Waals surface area contributed by atoms with Crippen molar-refractivity contribution in [2.24, 2.45) is 5.73 Å². The van der Waals surface area contributed by atoms with E-state index < -0.39 is 10.0 Å². The largest absolute Gasteiger partial charge is 0.355 e. The number of hydrogen-bond donors (Lipinski definition) is 3. The second-order valence-corrected chi connectivity index (χ2v) is 6.23. The van der Waals surface area contributed by atoms with Gasteiger partial charge < -0.3 is 11.1 Å². The van der Waals surface area contributed by atoms with Crippen LogP contribution < -0.4 is 15.8 Å². The van der Waals surface area contributed by atoms with E-state index in [9.17, 15) is 13.2 Å². The summed E-state index contributed by atoms with van der Waals surface area (Å²) in [7, 11) is -3.57. The summed E-state index contributed by atoms with van der Waals surface area (Å²) in [5.41, 5.74) is 6.26. The smallest absolute Gasteiger partial charge is 0.240 e. The topological polar surface area (TPSA) is 101 Å². The molecule has 104 valence electrons. The van der Waals surface area contributed by atoms with Crippen LogP contribution in [0.25, 0.3) is 0 Å². The van der Waals surface area contributed by atoms with Crippen molar-refractivity contribution in [2.75, 3.05) is 6.54 Å². The van der Waals surface area contributed by atoms with Crippen molar-refractivity contribution in [2.45, 2.75) is 30.3 Å². The highest BCUT2D eigenvalue weighted by atomic mass is 32.2. The molecular formula is C12H17N3O3S. The van der Waals surface area contributed by atoms with Crippen molar-refractivity contribution < 1.29 is 13.2 Å². The SMILES string of the molecule is NCc1cccc(S(=O)(=O)NC2CCC(=O)NC2)c1. The van der Waals surface area contributed by atoms with E-state index in [1.165, 1.54) is 6.07 Å². The Bertz CT molecular complexity index is 561. The summed E-state index contributed by atoms with van der Waals surface area (Å²) in [4.78, 5) is 11.2. The first-order valence-electron chi connectivity index (χ1n) is 6.09. The Kier molecular flexibility index (Phi) is 4.18. The summed E-state index contributed by atoms with van der Waals surface area (Å²) in [5.74, 6) is -0.0411. The molecule has 7 heteroatoms. The monoisotopic (exact) mass is 283 g/mol. The van der Waals surface area contributed by atoms with Gasteiger partial charge in [-0.25, -0.2) is 13.1 Å². The molecule has 0 radical (unpaired) electrons. The summed E-state index contributed by atoms with van der Waals surface area (Å²) in [5, 5.41) is 2.64. The standard InChI is InChI=1S/C12H17N3O3S/c13-7-9-2-1-3-11(6-9)19(17,18)15-10-4-5-12(16)14-8-10/h1-3,6,10,15H,4-5,7-8,13H2,(H,14,16). The van der Waals surface area contributed by atoms with Crippen LogP contribution in [-0.4, -0.2) is 26.9 Å². The predicted octanol–water partition coefficient (Wildman–Crippen LogP) is -0.298. The van der Waals surface area contributed by atoms with Gasteiger partial charge in [-0.2, -0.15) is 0 Å². The van der Waals surface area contributed by atoms with Crippen molar-refractivity contribution in [1.29, 1.82) is 0 Å². The van der Waals surface area contributed by atoms with Crippen LogP contribution in [0.5, 0.6) is 0 Å². The van der Waals surface area contributed by atoms with Gasteiger partial charge in [0.05, 0.1) is 4.90 Å². The number of benzene rings is 1. The molecule has 1 aliphatic rings. The number of rotatable bonds is 4.